The highest BCUT2D eigenvalue weighted by Crippen LogP contribution is 2.35. The zero-order chi connectivity index (χ0) is 18.5. The molecule has 27 heavy (non-hydrogen) atoms. The average Bonchev–Trinajstić information content (AvgIpc) is 3.30. The minimum Gasteiger partial charge on any atom is -0.382 e. The second kappa shape index (κ2) is 5.98. The van der Waals surface area contributed by atoms with E-state index in [2.05, 4.69) is 30.2 Å². The van der Waals surface area contributed by atoms with E-state index in [-0.39, 0.29) is 23.7 Å². The number of imidazole rings is 1. The van der Waals surface area contributed by atoms with Crippen LogP contribution in [0.25, 0.3) is 11.2 Å². The molecule has 2 unspecified atom stereocenters. The van der Waals surface area contributed by atoms with Crippen molar-refractivity contribution in [3.8, 4) is 0 Å². The molecule has 4 N–H and O–H groups in total. The van der Waals surface area contributed by atoms with Crippen LogP contribution in [-0.4, -0.2) is 36.8 Å². The number of aromatic amines is 1. The van der Waals surface area contributed by atoms with Crippen molar-refractivity contribution in [3.63, 3.8) is 0 Å². The first-order valence-electron chi connectivity index (χ1n) is 9.05. The summed E-state index contributed by atoms with van der Waals surface area (Å²) >= 11 is 0. The number of hydrogen-bond donors (Lipinski definition) is 3. The van der Waals surface area contributed by atoms with Crippen LogP contribution in [0.4, 0.5) is 5.82 Å². The number of aryl methyl sites for hydroxylation is 1. The molecule has 0 saturated heterocycles. The minimum absolute atomic E-state index is 0.250. The van der Waals surface area contributed by atoms with Gasteiger partial charge in [-0.05, 0) is 37.3 Å². The summed E-state index contributed by atoms with van der Waals surface area (Å²) in [6, 6.07) is 4.13. The molecule has 0 amide bonds. The number of nitrogen functional groups attached to an aromatic ring is 1. The van der Waals surface area contributed by atoms with Gasteiger partial charge in [0.2, 0.25) is 0 Å². The molecule has 2 atom stereocenters. The van der Waals surface area contributed by atoms with Gasteiger partial charge in [-0.3, -0.25) is 19.9 Å². The number of pyridine rings is 1. The second-order valence-electron chi connectivity index (χ2n) is 7.22. The van der Waals surface area contributed by atoms with Crippen LogP contribution in [0.1, 0.15) is 36.1 Å². The molecular weight excluding hydrogens is 344 g/mol. The molecule has 1 aliphatic heterocycles. The first-order valence-corrected chi connectivity index (χ1v) is 9.05. The van der Waals surface area contributed by atoms with Crippen molar-refractivity contribution >= 4 is 23.2 Å². The molecular formula is C18H20N8O. The van der Waals surface area contributed by atoms with Crippen molar-refractivity contribution in [2.45, 2.75) is 38.5 Å². The molecule has 0 bridgehead atoms. The van der Waals surface area contributed by atoms with Crippen molar-refractivity contribution in [1.82, 2.24) is 29.8 Å². The van der Waals surface area contributed by atoms with Crippen LogP contribution in [0, 0.1) is 12.8 Å². The van der Waals surface area contributed by atoms with Gasteiger partial charge in [-0.2, -0.15) is 0 Å². The number of H-pyrrole nitrogens is 1. The zero-order valence-electron chi connectivity index (χ0n) is 14.9. The fraction of sp³-hybridized carbons (Fsp3) is 0.389. The Morgan fingerprint density at radius 2 is 2.15 bits per heavy atom. The van der Waals surface area contributed by atoms with Crippen molar-refractivity contribution in [1.29, 1.82) is 0 Å². The Hall–Kier alpha value is -3.07. The third-order valence-electron chi connectivity index (χ3n) is 5.10. The van der Waals surface area contributed by atoms with Crippen molar-refractivity contribution in [2.24, 2.45) is 10.9 Å². The monoisotopic (exact) mass is 364 g/mol. The van der Waals surface area contributed by atoms with Crippen LogP contribution in [-0.2, 0) is 6.54 Å². The molecule has 2 aliphatic rings. The smallest absolute Gasteiger partial charge is 0.328 e. The van der Waals surface area contributed by atoms with Gasteiger partial charge in [0, 0.05) is 24.1 Å². The third kappa shape index (κ3) is 2.89. The maximum absolute atomic E-state index is 12.5. The van der Waals surface area contributed by atoms with Gasteiger partial charge in [-0.1, -0.05) is 6.07 Å². The summed E-state index contributed by atoms with van der Waals surface area (Å²) in [6.07, 6.45) is 5.81. The molecule has 0 radical (unpaired) electrons. The molecule has 9 nitrogen and oxygen atoms in total. The number of anilines is 1. The number of nitrogens with one attached hydrogen (secondary N) is 2. The summed E-state index contributed by atoms with van der Waals surface area (Å²) in [5, 5.41) is 3.43. The molecule has 138 valence electrons. The molecule has 0 spiro atoms. The summed E-state index contributed by atoms with van der Waals surface area (Å²) in [5.41, 5.74) is 8.59. The topological polar surface area (TPSA) is 127 Å². The number of nitrogens with zero attached hydrogens (tertiary/aromatic N) is 5. The SMILES string of the molecule is Cc1ccc(Cn2c(=O)[nH]c3c(N)nc(C4N=CC(C5CC5)N4)nc32)cn1. The fourth-order valence-electron chi connectivity index (χ4n) is 3.41. The highest BCUT2D eigenvalue weighted by molar-refractivity contribution is 5.81. The van der Waals surface area contributed by atoms with Crippen LogP contribution in [0.3, 0.4) is 0 Å². The Morgan fingerprint density at radius 1 is 1.30 bits per heavy atom. The van der Waals surface area contributed by atoms with E-state index < -0.39 is 0 Å². The summed E-state index contributed by atoms with van der Waals surface area (Å²) in [4.78, 5) is 33.0. The Morgan fingerprint density at radius 3 is 2.89 bits per heavy atom. The Bertz CT molecular complexity index is 1090. The largest absolute Gasteiger partial charge is 0.382 e. The van der Waals surface area contributed by atoms with Gasteiger partial charge < -0.3 is 10.7 Å². The maximum Gasteiger partial charge on any atom is 0.328 e. The number of hydrogen-bond acceptors (Lipinski definition) is 7. The number of rotatable bonds is 4. The van der Waals surface area contributed by atoms with Crippen molar-refractivity contribution in [2.75, 3.05) is 5.73 Å². The summed E-state index contributed by atoms with van der Waals surface area (Å²) in [7, 11) is 0. The van der Waals surface area contributed by atoms with Gasteiger partial charge in [0.05, 0.1) is 6.54 Å². The Labute approximate surface area is 154 Å². The Kier molecular flexibility index (Phi) is 3.57. The maximum atomic E-state index is 12.5. The normalized spacial score (nSPS) is 22.0. The highest BCUT2D eigenvalue weighted by atomic mass is 16.1. The van der Waals surface area contributed by atoms with E-state index in [1.54, 1.807) is 10.8 Å². The van der Waals surface area contributed by atoms with Gasteiger partial charge in [0.15, 0.2) is 23.5 Å². The standard InChI is InChI=1S/C18H20N8O/c1-9-2-3-10(6-20-9)8-26-17-13(23-18(26)27)14(19)24-16(25-17)15-21-7-12(22-15)11-4-5-11/h2-3,6-7,11-12,15,22H,4-5,8H2,1H3,(H,23,27)(H2,19,24,25). The van der Waals surface area contributed by atoms with Gasteiger partial charge in [-0.15, -0.1) is 0 Å². The molecule has 5 rings (SSSR count). The predicted octanol–water partition coefficient (Wildman–Crippen LogP) is 0.905. The van der Waals surface area contributed by atoms with Crippen LogP contribution in [0.2, 0.25) is 0 Å². The zero-order valence-corrected chi connectivity index (χ0v) is 14.9. The van der Waals surface area contributed by atoms with E-state index in [9.17, 15) is 4.79 Å². The summed E-state index contributed by atoms with van der Waals surface area (Å²) in [5.74, 6) is 1.38. The number of aliphatic imine (C=N–C) groups is 1. The summed E-state index contributed by atoms with van der Waals surface area (Å²) in [6.45, 7) is 2.28. The number of fused-ring (bicyclic) bond motifs is 1. The lowest BCUT2D eigenvalue weighted by Gasteiger charge is -2.12. The number of aromatic nitrogens is 5. The molecule has 4 heterocycles. The van der Waals surface area contributed by atoms with E-state index in [1.807, 2.05) is 25.3 Å². The number of nitrogens with two attached hydrogens (primary N) is 1. The van der Waals surface area contributed by atoms with Crippen LogP contribution >= 0.6 is 0 Å². The van der Waals surface area contributed by atoms with E-state index >= 15 is 0 Å². The molecule has 0 aromatic carbocycles. The summed E-state index contributed by atoms with van der Waals surface area (Å²) < 4.78 is 1.56. The first kappa shape index (κ1) is 16.1. The van der Waals surface area contributed by atoms with E-state index in [0.29, 0.717) is 29.5 Å². The average molecular weight is 364 g/mol. The van der Waals surface area contributed by atoms with Gasteiger partial charge in [0.25, 0.3) is 0 Å². The first-order chi connectivity index (χ1) is 13.1. The van der Waals surface area contributed by atoms with Crippen LogP contribution < -0.4 is 16.7 Å². The second-order valence-corrected chi connectivity index (χ2v) is 7.22. The molecule has 1 aliphatic carbocycles. The minimum atomic E-state index is -0.332. The van der Waals surface area contributed by atoms with Gasteiger partial charge in [-0.25, -0.2) is 14.8 Å². The highest BCUT2D eigenvalue weighted by Gasteiger charge is 2.35. The predicted molar refractivity (Wildman–Crippen MR) is 102 cm³/mol. The van der Waals surface area contributed by atoms with E-state index in [4.69, 9.17) is 5.73 Å². The van der Waals surface area contributed by atoms with Gasteiger partial charge in [0.1, 0.15) is 5.52 Å². The van der Waals surface area contributed by atoms with Crippen molar-refractivity contribution in [3.05, 3.63) is 45.9 Å². The fourth-order valence-corrected chi connectivity index (χ4v) is 3.41. The van der Waals surface area contributed by atoms with E-state index in [1.165, 1.54) is 12.8 Å². The molecule has 9 heteroatoms. The van der Waals surface area contributed by atoms with Crippen molar-refractivity contribution < 1.29 is 0 Å². The molecule has 3 aromatic heterocycles. The molecule has 1 saturated carbocycles. The molecule has 3 aromatic rings. The lowest BCUT2D eigenvalue weighted by molar-refractivity contribution is 0.507. The third-order valence-corrected chi connectivity index (χ3v) is 5.10. The van der Waals surface area contributed by atoms with Crippen LogP contribution in [0.5, 0.6) is 0 Å². The Balaban J connectivity index is 1.52. The van der Waals surface area contributed by atoms with E-state index in [0.717, 1.165) is 11.3 Å². The van der Waals surface area contributed by atoms with Gasteiger partial charge >= 0.3 is 5.69 Å². The molecule has 1 fully saturated rings. The quantitative estimate of drug-likeness (QED) is 0.631. The van der Waals surface area contributed by atoms with Crippen LogP contribution in [0.15, 0.2) is 28.1 Å². The lowest BCUT2D eigenvalue weighted by Crippen LogP contribution is -2.30. The lowest BCUT2D eigenvalue weighted by atomic mass is 10.2.